The van der Waals surface area contributed by atoms with E-state index in [-0.39, 0.29) is 11.9 Å². The van der Waals surface area contributed by atoms with Gasteiger partial charge < -0.3 is 9.47 Å². The molecule has 1 saturated heterocycles. The van der Waals surface area contributed by atoms with E-state index in [1.807, 2.05) is 26.0 Å². The number of rotatable bonds is 4. The number of ether oxygens (including phenoxy) is 2. The summed E-state index contributed by atoms with van der Waals surface area (Å²) in [4.78, 5) is 13.0. The van der Waals surface area contributed by atoms with Crippen LogP contribution >= 0.6 is 0 Å². The smallest absolute Gasteiger partial charge is 0.314 e. The van der Waals surface area contributed by atoms with Crippen molar-refractivity contribution in [3.8, 4) is 5.75 Å². The van der Waals surface area contributed by atoms with Crippen molar-refractivity contribution < 1.29 is 14.3 Å². The number of hydrogen-bond donors (Lipinski definition) is 0. The van der Waals surface area contributed by atoms with E-state index in [2.05, 4.69) is 12.1 Å². The number of carbonyl (C=O) groups excluding carboxylic acids is 1. The summed E-state index contributed by atoms with van der Waals surface area (Å²) < 4.78 is 10.7. The zero-order chi connectivity index (χ0) is 13.7. The molecule has 4 heteroatoms. The Labute approximate surface area is 117 Å². The zero-order valence-electron chi connectivity index (χ0n) is 11.6. The van der Waals surface area contributed by atoms with E-state index in [0.717, 1.165) is 31.1 Å². The van der Waals surface area contributed by atoms with Crippen LogP contribution in [0.25, 0.3) is 0 Å². The molecule has 1 atom stereocenters. The Bertz CT molecular complexity index is 410. The van der Waals surface area contributed by atoms with Gasteiger partial charge in [0.1, 0.15) is 17.3 Å². The Hall–Kier alpha value is -1.00. The fourth-order valence-electron chi connectivity index (χ4n) is 1.84. The minimum Gasteiger partial charge on any atom is -0.426 e. The molecule has 1 fully saturated rings. The number of hydrogen-bond acceptors (Lipinski definition) is 3. The van der Waals surface area contributed by atoms with E-state index < -0.39 is 0 Å². The molecule has 0 bridgehead atoms. The SMILES string of the molecule is CCC(C)C(=O)Oc1ccc([S+]2CCOCC2)cc1. The summed E-state index contributed by atoms with van der Waals surface area (Å²) in [6.07, 6.45) is 0.806. The number of esters is 1. The van der Waals surface area contributed by atoms with E-state index in [1.54, 1.807) is 0 Å². The first-order chi connectivity index (χ1) is 9.20. The molecular formula is C15H21O3S+. The average molecular weight is 281 g/mol. The highest BCUT2D eigenvalue weighted by Gasteiger charge is 2.25. The van der Waals surface area contributed by atoms with Gasteiger partial charge in [0.2, 0.25) is 0 Å². The Balaban J connectivity index is 1.96. The van der Waals surface area contributed by atoms with Crippen LogP contribution in [0.1, 0.15) is 20.3 Å². The third-order valence-electron chi connectivity index (χ3n) is 3.34. The van der Waals surface area contributed by atoms with Gasteiger partial charge in [-0.25, -0.2) is 0 Å². The van der Waals surface area contributed by atoms with Crippen LogP contribution in [0.5, 0.6) is 5.75 Å². The monoisotopic (exact) mass is 281 g/mol. The molecule has 19 heavy (non-hydrogen) atoms. The summed E-state index contributed by atoms with van der Waals surface area (Å²) in [5.41, 5.74) is 0. The molecule has 1 aliphatic rings. The van der Waals surface area contributed by atoms with E-state index in [1.165, 1.54) is 4.90 Å². The highest BCUT2D eigenvalue weighted by molar-refractivity contribution is 7.97. The fraction of sp³-hybridized carbons (Fsp3) is 0.533. The van der Waals surface area contributed by atoms with E-state index in [4.69, 9.17) is 9.47 Å². The lowest BCUT2D eigenvalue weighted by Gasteiger charge is -2.14. The maximum absolute atomic E-state index is 11.7. The molecule has 1 aliphatic heterocycles. The molecular weight excluding hydrogens is 260 g/mol. The molecule has 2 rings (SSSR count). The van der Waals surface area contributed by atoms with Gasteiger partial charge in [0.15, 0.2) is 4.90 Å². The third kappa shape index (κ3) is 3.98. The molecule has 3 nitrogen and oxygen atoms in total. The second-order valence-electron chi connectivity index (χ2n) is 4.72. The van der Waals surface area contributed by atoms with E-state index >= 15 is 0 Å². The van der Waals surface area contributed by atoms with Crippen molar-refractivity contribution in [2.75, 3.05) is 24.7 Å². The van der Waals surface area contributed by atoms with Gasteiger partial charge in [-0.2, -0.15) is 0 Å². The van der Waals surface area contributed by atoms with Gasteiger partial charge in [-0.05, 0) is 30.7 Å². The number of benzene rings is 1. The highest BCUT2D eigenvalue weighted by atomic mass is 32.2. The first-order valence-electron chi connectivity index (χ1n) is 6.77. The van der Waals surface area contributed by atoms with Crippen LogP contribution in [0.15, 0.2) is 29.2 Å². The average Bonchev–Trinajstić information content (AvgIpc) is 2.48. The van der Waals surface area contributed by atoms with Gasteiger partial charge in [0, 0.05) is 10.9 Å². The van der Waals surface area contributed by atoms with Crippen LogP contribution in [0.2, 0.25) is 0 Å². The van der Waals surface area contributed by atoms with Crippen molar-refractivity contribution in [2.24, 2.45) is 5.92 Å². The zero-order valence-corrected chi connectivity index (χ0v) is 12.4. The van der Waals surface area contributed by atoms with Crippen molar-refractivity contribution in [1.82, 2.24) is 0 Å². The van der Waals surface area contributed by atoms with Gasteiger partial charge in [-0.3, -0.25) is 4.79 Å². The summed E-state index contributed by atoms with van der Waals surface area (Å²) in [5, 5.41) is 0. The van der Waals surface area contributed by atoms with Crippen molar-refractivity contribution >= 4 is 16.9 Å². The maximum Gasteiger partial charge on any atom is 0.314 e. The summed E-state index contributed by atoms with van der Waals surface area (Å²) in [6.45, 7) is 5.59. The van der Waals surface area contributed by atoms with Crippen LogP contribution in [0.3, 0.4) is 0 Å². The maximum atomic E-state index is 11.7. The van der Waals surface area contributed by atoms with Gasteiger partial charge in [-0.15, -0.1) is 0 Å². The summed E-state index contributed by atoms with van der Waals surface area (Å²) >= 11 is 0. The summed E-state index contributed by atoms with van der Waals surface area (Å²) in [6, 6.07) is 7.96. The Kier molecular flexibility index (Phi) is 5.28. The van der Waals surface area contributed by atoms with Crippen LogP contribution in [0.4, 0.5) is 0 Å². The normalized spacial score (nSPS) is 18.0. The molecule has 0 aromatic heterocycles. The van der Waals surface area contributed by atoms with Crippen LogP contribution in [0, 0.1) is 5.92 Å². The van der Waals surface area contributed by atoms with Gasteiger partial charge in [0.05, 0.1) is 19.1 Å². The minimum absolute atomic E-state index is 0.0444. The Morgan fingerprint density at radius 3 is 2.53 bits per heavy atom. The van der Waals surface area contributed by atoms with Crippen molar-refractivity contribution in [2.45, 2.75) is 25.2 Å². The predicted octanol–water partition coefficient (Wildman–Crippen LogP) is 2.65. The lowest BCUT2D eigenvalue weighted by molar-refractivity contribution is -0.138. The first-order valence-corrected chi connectivity index (χ1v) is 8.34. The lowest BCUT2D eigenvalue weighted by Crippen LogP contribution is -2.26. The van der Waals surface area contributed by atoms with Gasteiger partial charge in [0.25, 0.3) is 0 Å². The molecule has 0 N–H and O–H groups in total. The molecule has 104 valence electrons. The predicted molar refractivity (Wildman–Crippen MR) is 77.7 cm³/mol. The van der Waals surface area contributed by atoms with E-state index in [0.29, 0.717) is 16.6 Å². The summed E-state index contributed by atoms with van der Waals surface area (Å²) in [7, 11) is 0.295. The second-order valence-corrected chi connectivity index (χ2v) is 6.99. The third-order valence-corrected chi connectivity index (χ3v) is 5.60. The molecule has 0 spiro atoms. The standard InChI is InChI=1S/C15H21O3S/c1-3-12(2)15(16)18-13-4-6-14(7-5-13)19-10-8-17-9-11-19/h4-7,12H,3,8-11H2,1-2H3/q+1. The second kappa shape index (κ2) is 6.96. The van der Waals surface area contributed by atoms with Gasteiger partial charge in [-0.1, -0.05) is 13.8 Å². The topological polar surface area (TPSA) is 35.5 Å². The van der Waals surface area contributed by atoms with Crippen molar-refractivity contribution in [1.29, 1.82) is 0 Å². The van der Waals surface area contributed by atoms with Crippen molar-refractivity contribution in [3.05, 3.63) is 24.3 Å². The minimum atomic E-state index is -0.149. The highest BCUT2D eigenvalue weighted by Crippen LogP contribution is 2.21. The Morgan fingerprint density at radius 1 is 1.32 bits per heavy atom. The summed E-state index contributed by atoms with van der Waals surface area (Å²) in [5.74, 6) is 2.66. The molecule has 0 aliphatic carbocycles. The van der Waals surface area contributed by atoms with Crippen LogP contribution in [-0.2, 0) is 20.4 Å². The molecule has 1 aromatic rings. The largest absolute Gasteiger partial charge is 0.426 e. The molecule has 0 saturated carbocycles. The number of carbonyl (C=O) groups is 1. The van der Waals surface area contributed by atoms with Gasteiger partial charge >= 0.3 is 5.97 Å². The fourth-order valence-corrected chi connectivity index (χ4v) is 3.68. The molecule has 1 aromatic carbocycles. The lowest BCUT2D eigenvalue weighted by atomic mass is 10.1. The molecule has 1 unspecified atom stereocenters. The van der Waals surface area contributed by atoms with Crippen molar-refractivity contribution in [3.63, 3.8) is 0 Å². The molecule has 0 amide bonds. The quantitative estimate of drug-likeness (QED) is 0.483. The van der Waals surface area contributed by atoms with E-state index in [9.17, 15) is 4.79 Å². The Morgan fingerprint density at radius 2 is 1.95 bits per heavy atom. The molecule has 0 radical (unpaired) electrons. The first kappa shape index (κ1) is 14.4. The molecule has 1 heterocycles. The van der Waals surface area contributed by atoms with Crippen LogP contribution < -0.4 is 4.74 Å². The van der Waals surface area contributed by atoms with Crippen LogP contribution in [-0.4, -0.2) is 30.7 Å².